The lowest BCUT2D eigenvalue weighted by molar-refractivity contribution is -0.147. The number of hydrogen-bond donors (Lipinski definition) is 4. The second-order valence-corrected chi connectivity index (χ2v) is 6.27. The van der Waals surface area contributed by atoms with Crippen LogP contribution < -0.4 is 5.32 Å². The molecule has 5 nitrogen and oxygen atoms in total. The van der Waals surface area contributed by atoms with Crippen LogP contribution in [0, 0.1) is 0 Å². The highest BCUT2D eigenvalue weighted by Gasteiger charge is 2.41. The van der Waals surface area contributed by atoms with E-state index < -0.39 is 28.1 Å². The summed E-state index contributed by atoms with van der Waals surface area (Å²) >= 11 is 8.91. The number of carboxylic acid groups (broad SMARTS) is 1. The number of carbonyl (C=O) groups is 2. The third kappa shape index (κ3) is 4.66. The zero-order valence-corrected chi connectivity index (χ0v) is 13.6. The van der Waals surface area contributed by atoms with Gasteiger partial charge in [-0.3, -0.25) is 14.9 Å². The molecule has 2 atom stereocenters. The molecule has 116 valence electrons. The SMILES string of the molecule is CCOC(=O)[C@@H](N[C@@H](C)C(=O)O)C(S)(S)c1ccccc1. The number of benzene rings is 1. The first-order valence-electron chi connectivity index (χ1n) is 6.46. The maximum atomic E-state index is 12.1. The molecule has 0 fully saturated rings. The van der Waals surface area contributed by atoms with Crippen molar-refractivity contribution in [1.82, 2.24) is 5.32 Å². The van der Waals surface area contributed by atoms with E-state index in [1.54, 1.807) is 31.2 Å². The quantitative estimate of drug-likeness (QED) is 0.348. The Labute approximate surface area is 134 Å². The van der Waals surface area contributed by atoms with Crippen molar-refractivity contribution in [3.8, 4) is 0 Å². The summed E-state index contributed by atoms with van der Waals surface area (Å²) in [4.78, 5) is 23.2. The Bertz CT molecular complexity index is 493. The summed E-state index contributed by atoms with van der Waals surface area (Å²) in [5.74, 6) is -1.67. The molecule has 0 aromatic heterocycles. The van der Waals surface area contributed by atoms with Gasteiger partial charge in [0.25, 0.3) is 0 Å². The molecular weight excluding hydrogens is 310 g/mol. The summed E-state index contributed by atoms with van der Waals surface area (Å²) < 4.78 is 3.79. The van der Waals surface area contributed by atoms with E-state index in [0.717, 1.165) is 0 Å². The van der Waals surface area contributed by atoms with E-state index in [2.05, 4.69) is 30.6 Å². The molecule has 1 rings (SSSR count). The maximum absolute atomic E-state index is 12.1. The average molecular weight is 329 g/mol. The number of carboxylic acids is 1. The first kappa shape index (κ1) is 17.9. The Kier molecular flexibility index (Phi) is 6.57. The van der Waals surface area contributed by atoms with Gasteiger partial charge in [0.1, 0.15) is 16.2 Å². The Morgan fingerprint density at radius 3 is 2.38 bits per heavy atom. The molecule has 0 radical (unpaired) electrons. The number of esters is 1. The summed E-state index contributed by atoms with van der Waals surface area (Å²) in [6.07, 6.45) is 0. The largest absolute Gasteiger partial charge is 0.480 e. The molecule has 21 heavy (non-hydrogen) atoms. The van der Waals surface area contributed by atoms with Crippen molar-refractivity contribution < 1.29 is 19.4 Å². The highest BCUT2D eigenvalue weighted by Crippen LogP contribution is 2.37. The Hall–Kier alpha value is -1.18. The fourth-order valence-electron chi connectivity index (χ4n) is 1.75. The molecule has 1 aromatic carbocycles. The number of aliphatic carboxylic acids is 1. The molecular formula is C14H19NO4S2. The van der Waals surface area contributed by atoms with Crippen LogP contribution in [0.5, 0.6) is 0 Å². The molecule has 7 heteroatoms. The van der Waals surface area contributed by atoms with Crippen molar-refractivity contribution in [2.24, 2.45) is 0 Å². The van der Waals surface area contributed by atoms with Gasteiger partial charge in [-0.2, -0.15) is 25.3 Å². The minimum absolute atomic E-state index is 0.185. The van der Waals surface area contributed by atoms with Gasteiger partial charge in [0, 0.05) is 0 Å². The molecule has 0 spiro atoms. The Morgan fingerprint density at radius 1 is 1.33 bits per heavy atom. The van der Waals surface area contributed by atoms with Crippen LogP contribution in [0.25, 0.3) is 0 Å². The van der Waals surface area contributed by atoms with Crippen molar-refractivity contribution in [3.05, 3.63) is 35.9 Å². The number of nitrogens with one attached hydrogen (secondary N) is 1. The lowest BCUT2D eigenvalue weighted by Gasteiger charge is -2.33. The summed E-state index contributed by atoms with van der Waals surface area (Å²) in [5, 5.41) is 11.7. The molecule has 0 unspecified atom stereocenters. The van der Waals surface area contributed by atoms with Crippen molar-refractivity contribution in [2.45, 2.75) is 30.0 Å². The van der Waals surface area contributed by atoms with Gasteiger partial charge in [-0.25, -0.2) is 0 Å². The zero-order chi connectivity index (χ0) is 16.0. The first-order valence-corrected chi connectivity index (χ1v) is 7.35. The monoisotopic (exact) mass is 329 g/mol. The fourth-order valence-corrected chi connectivity index (χ4v) is 2.40. The Balaban J connectivity index is 3.10. The third-order valence-electron chi connectivity index (χ3n) is 2.91. The van der Waals surface area contributed by atoms with Crippen LogP contribution >= 0.6 is 25.3 Å². The molecule has 0 aliphatic rings. The van der Waals surface area contributed by atoms with Gasteiger partial charge in [-0.15, -0.1) is 0 Å². The van der Waals surface area contributed by atoms with Gasteiger partial charge in [-0.1, -0.05) is 30.3 Å². The normalized spacial score (nSPS) is 14.3. The molecule has 0 heterocycles. The van der Waals surface area contributed by atoms with Crippen LogP contribution in [0.4, 0.5) is 0 Å². The molecule has 2 N–H and O–H groups in total. The molecule has 0 amide bonds. The second kappa shape index (κ2) is 7.72. The van der Waals surface area contributed by atoms with Crippen LogP contribution in [0.1, 0.15) is 19.4 Å². The number of thiol groups is 2. The molecule has 0 saturated heterocycles. The van der Waals surface area contributed by atoms with Gasteiger partial charge in [0.05, 0.1) is 6.61 Å². The van der Waals surface area contributed by atoms with E-state index >= 15 is 0 Å². The minimum atomic E-state index is -1.21. The van der Waals surface area contributed by atoms with E-state index in [1.807, 2.05) is 6.07 Å². The minimum Gasteiger partial charge on any atom is -0.480 e. The second-order valence-electron chi connectivity index (χ2n) is 4.50. The number of carbonyl (C=O) groups excluding carboxylic acids is 1. The maximum Gasteiger partial charge on any atom is 0.325 e. The van der Waals surface area contributed by atoms with Crippen LogP contribution in [-0.2, 0) is 18.4 Å². The third-order valence-corrected chi connectivity index (χ3v) is 3.94. The summed E-state index contributed by atoms with van der Waals surface area (Å²) in [6.45, 7) is 3.30. The number of ether oxygens (including phenoxy) is 1. The average Bonchev–Trinajstić information content (AvgIpc) is 2.45. The summed E-state index contributed by atoms with van der Waals surface area (Å²) in [6, 6.07) is 6.98. The van der Waals surface area contributed by atoms with Crippen molar-refractivity contribution >= 4 is 37.2 Å². The standard InChI is InChI=1S/C14H19NO4S2/c1-3-19-13(18)11(15-9(2)12(16)17)14(20,21)10-7-5-4-6-8-10/h4-9,11,15,20-21H,3H2,1-2H3,(H,16,17)/t9-,11+/m0/s1. The highest BCUT2D eigenvalue weighted by atomic mass is 32.2. The predicted octanol–water partition coefficient (Wildman–Crippen LogP) is 1.69. The van der Waals surface area contributed by atoms with Gasteiger partial charge >= 0.3 is 11.9 Å². The van der Waals surface area contributed by atoms with Crippen molar-refractivity contribution in [3.63, 3.8) is 0 Å². The summed E-state index contributed by atoms with van der Waals surface area (Å²) in [5.41, 5.74) is 0.666. The number of hydrogen-bond acceptors (Lipinski definition) is 6. The van der Waals surface area contributed by atoms with Crippen LogP contribution in [0.2, 0.25) is 0 Å². The van der Waals surface area contributed by atoms with Gasteiger partial charge in [0.15, 0.2) is 0 Å². The van der Waals surface area contributed by atoms with Gasteiger partial charge in [-0.05, 0) is 19.4 Å². The molecule has 0 aliphatic heterocycles. The molecule has 0 saturated carbocycles. The first-order chi connectivity index (χ1) is 9.80. The van der Waals surface area contributed by atoms with Crippen LogP contribution in [0.15, 0.2) is 30.3 Å². The molecule has 0 aliphatic carbocycles. The molecule has 0 bridgehead atoms. The van der Waals surface area contributed by atoms with E-state index in [9.17, 15) is 9.59 Å². The molecule has 1 aromatic rings. The summed E-state index contributed by atoms with van der Waals surface area (Å²) in [7, 11) is 0. The highest BCUT2D eigenvalue weighted by molar-refractivity contribution is 8.00. The lowest BCUT2D eigenvalue weighted by Crippen LogP contribution is -2.53. The van der Waals surface area contributed by atoms with E-state index in [4.69, 9.17) is 9.84 Å². The topological polar surface area (TPSA) is 75.6 Å². The van der Waals surface area contributed by atoms with Gasteiger partial charge in [0.2, 0.25) is 0 Å². The number of rotatable bonds is 7. The zero-order valence-electron chi connectivity index (χ0n) is 11.8. The Morgan fingerprint density at radius 2 is 1.90 bits per heavy atom. The van der Waals surface area contributed by atoms with Crippen molar-refractivity contribution in [1.29, 1.82) is 0 Å². The van der Waals surface area contributed by atoms with Crippen LogP contribution in [0.3, 0.4) is 0 Å². The van der Waals surface area contributed by atoms with E-state index in [1.165, 1.54) is 6.92 Å². The van der Waals surface area contributed by atoms with Crippen LogP contribution in [-0.4, -0.2) is 35.7 Å². The van der Waals surface area contributed by atoms with Crippen molar-refractivity contribution in [2.75, 3.05) is 6.61 Å². The van der Waals surface area contributed by atoms with E-state index in [-0.39, 0.29) is 6.61 Å². The van der Waals surface area contributed by atoms with Gasteiger partial charge < -0.3 is 9.84 Å². The predicted molar refractivity (Wildman–Crippen MR) is 86.7 cm³/mol. The smallest absolute Gasteiger partial charge is 0.325 e. The lowest BCUT2D eigenvalue weighted by atomic mass is 10.0. The fraction of sp³-hybridized carbons (Fsp3) is 0.429. The van der Waals surface area contributed by atoms with E-state index in [0.29, 0.717) is 5.56 Å².